The predicted molar refractivity (Wildman–Crippen MR) is 117 cm³/mol. The zero-order valence-corrected chi connectivity index (χ0v) is 17.2. The van der Waals surface area contributed by atoms with Crippen molar-refractivity contribution in [1.82, 2.24) is 19.5 Å². The number of para-hydroxylation sites is 2. The van der Waals surface area contributed by atoms with Crippen LogP contribution in [0.4, 0.5) is 0 Å². The monoisotopic (exact) mass is 417 g/mol. The number of nitriles is 1. The highest BCUT2D eigenvalue weighted by Gasteiger charge is 2.21. The van der Waals surface area contributed by atoms with E-state index in [0.717, 1.165) is 22.5 Å². The number of H-pyrrole nitrogens is 1. The highest BCUT2D eigenvalue weighted by atomic mass is 32.2. The summed E-state index contributed by atoms with van der Waals surface area (Å²) in [6, 6.07) is 17.2. The predicted octanol–water partition coefficient (Wildman–Crippen LogP) is 4.73. The Morgan fingerprint density at radius 2 is 2.10 bits per heavy atom. The fraction of sp³-hybridized carbons (Fsp3) is 0.136. The molecular weight excluding hydrogens is 398 g/mol. The van der Waals surface area contributed by atoms with Gasteiger partial charge < -0.3 is 14.8 Å². The van der Waals surface area contributed by atoms with Gasteiger partial charge in [0.2, 0.25) is 0 Å². The largest absolute Gasteiger partial charge is 0.510 e. The molecule has 30 heavy (non-hydrogen) atoms. The van der Waals surface area contributed by atoms with E-state index in [9.17, 15) is 10.4 Å². The first kappa shape index (κ1) is 19.6. The van der Waals surface area contributed by atoms with Crippen molar-refractivity contribution in [3.8, 4) is 17.5 Å². The van der Waals surface area contributed by atoms with Crippen molar-refractivity contribution in [3.05, 3.63) is 72.5 Å². The summed E-state index contributed by atoms with van der Waals surface area (Å²) in [5, 5.41) is 20.8. The number of ether oxygens (including phenoxy) is 1. The molecule has 0 saturated carbocycles. The van der Waals surface area contributed by atoms with Crippen molar-refractivity contribution in [2.45, 2.75) is 17.3 Å². The number of fused-ring (bicyclic) bond motifs is 1. The van der Waals surface area contributed by atoms with Gasteiger partial charge in [0.05, 0.1) is 29.1 Å². The summed E-state index contributed by atoms with van der Waals surface area (Å²) in [4.78, 5) is 11.9. The van der Waals surface area contributed by atoms with Crippen molar-refractivity contribution in [2.24, 2.45) is 0 Å². The summed E-state index contributed by atoms with van der Waals surface area (Å²) in [5.74, 6) is 1.03. The van der Waals surface area contributed by atoms with Gasteiger partial charge in [-0.3, -0.25) is 4.57 Å². The lowest BCUT2D eigenvalue weighted by Crippen LogP contribution is -2.07. The smallest absolute Gasteiger partial charge is 0.173 e. The first-order chi connectivity index (χ1) is 14.6. The van der Waals surface area contributed by atoms with Gasteiger partial charge in [-0.1, -0.05) is 30.0 Å². The number of aromatic amines is 1. The standard InChI is InChI=1S/C22H19N5O2S/c1-14(20(28)17(13-23)21-25-18-8-3-4-9-19(18)26-21)30-22-24-10-11-27(22)15-6-5-7-16(12-15)29-2/h3-12,14,28H,1-2H3,(H,25,26)/t14-/m1/s1. The molecule has 2 heterocycles. The lowest BCUT2D eigenvalue weighted by atomic mass is 10.2. The van der Waals surface area contributed by atoms with Crippen molar-refractivity contribution in [1.29, 1.82) is 5.26 Å². The van der Waals surface area contributed by atoms with Gasteiger partial charge in [0, 0.05) is 18.5 Å². The minimum atomic E-state index is -0.417. The molecule has 8 heteroatoms. The number of imidazole rings is 2. The van der Waals surface area contributed by atoms with Crippen molar-refractivity contribution >= 4 is 28.4 Å². The molecule has 2 aromatic carbocycles. The number of aromatic nitrogens is 4. The van der Waals surface area contributed by atoms with Gasteiger partial charge in [-0.15, -0.1) is 0 Å². The first-order valence-corrected chi connectivity index (χ1v) is 10.1. The molecular formula is C22H19N5O2S. The van der Waals surface area contributed by atoms with Gasteiger partial charge in [0.1, 0.15) is 23.2 Å². The summed E-state index contributed by atoms with van der Waals surface area (Å²) < 4.78 is 7.20. The number of nitrogens with zero attached hydrogens (tertiary/aromatic N) is 4. The van der Waals surface area contributed by atoms with E-state index in [1.54, 1.807) is 13.3 Å². The number of rotatable bonds is 6. The van der Waals surface area contributed by atoms with E-state index in [0.29, 0.717) is 11.0 Å². The number of hydrogen-bond donors (Lipinski definition) is 2. The molecule has 0 unspecified atom stereocenters. The van der Waals surface area contributed by atoms with E-state index in [1.807, 2.05) is 66.2 Å². The van der Waals surface area contributed by atoms with Gasteiger partial charge in [0.25, 0.3) is 0 Å². The molecule has 0 aliphatic heterocycles. The SMILES string of the molecule is COc1cccc(-n2ccnc2S[C@H](C)C(O)=C(C#N)c2nc3ccccc3[nH]2)c1. The first-order valence-electron chi connectivity index (χ1n) is 9.23. The van der Waals surface area contributed by atoms with E-state index < -0.39 is 5.25 Å². The average Bonchev–Trinajstić information content (AvgIpc) is 3.41. The summed E-state index contributed by atoms with van der Waals surface area (Å²) in [6.07, 6.45) is 3.54. The lowest BCUT2D eigenvalue weighted by molar-refractivity contribution is 0.401. The molecule has 0 bridgehead atoms. The van der Waals surface area contributed by atoms with Gasteiger partial charge in [-0.05, 0) is 31.2 Å². The van der Waals surface area contributed by atoms with Crippen LogP contribution in [0.25, 0.3) is 22.3 Å². The van der Waals surface area contributed by atoms with Gasteiger partial charge in [0.15, 0.2) is 11.0 Å². The second-order valence-corrected chi connectivity index (χ2v) is 7.82. The lowest BCUT2D eigenvalue weighted by Gasteiger charge is -2.13. The van der Waals surface area contributed by atoms with Crippen LogP contribution >= 0.6 is 11.8 Å². The topological polar surface area (TPSA) is 99.8 Å². The molecule has 2 aromatic heterocycles. The molecule has 4 aromatic rings. The number of aliphatic hydroxyl groups excluding tert-OH is 1. The third-order valence-electron chi connectivity index (χ3n) is 4.60. The Bertz CT molecular complexity index is 1230. The highest BCUT2D eigenvalue weighted by molar-refractivity contribution is 7.99. The number of nitrogens with one attached hydrogen (secondary N) is 1. The molecule has 0 radical (unpaired) electrons. The van der Waals surface area contributed by atoms with E-state index >= 15 is 0 Å². The van der Waals surface area contributed by atoms with Crippen LogP contribution in [0.1, 0.15) is 12.7 Å². The second kappa shape index (κ2) is 8.35. The number of thioether (sulfide) groups is 1. The fourth-order valence-corrected chi connectivity index (χ4v) is 4.00. The maximum Gasteiger partial charge on any atom is 0.173 e. The van der Waals surface area contributed by atoms with Crippen molar-refractivity contribution in [3.63, 3.8) is 0 Å². The minimum Gasteiger partial charge on any atom is -0.510 e. The van der Waals surface area contributed by atoms with Crippen LogP contribution in [0.3, 0.4) is 0 Å². The molecule has 0 amide bonds. The highest BCUT2D eigenvalue weighted by Crippen LogP contribution is 2.31. The Kier molecular flexibility index (Phi) is 5.46. The molecule has 0 spiro atoms. The summed E-state index contributed by atoms with van der Waals surface area (Å²) in [5.41, 5.74) is 2.55. The Labute approximate surface area is 177 Å². The molecule has 0 aliphatic carbocycles. The van der Waals surface area contributed by atoms with Crippen LogP contribution in [0.2, 0.25) is 0 Å². The van der Waals surface area contributed by atoms with E-state index in [4.69, 9.17) is 4.74 Å². The Balaban J connectivity index is 1.64. The molecule has 7 nitrogen and oxygen atoms in total. The van der Waals surface area contributed by atoms with Crippen LogP contribution in [-0.2, 0) is 0 Å². The van der Waals surface area contributed by atoms with Crippen molar-refractivity contribution < 1.29 is 9.84 Å². The average molecular weight is 417 g/mol. The maximum absolute atomic E-state index is 10.8. The Morgan fingerprint density at radius 3 is 2.87 bits per heavy atom. The van der Waals surface area contributed by atoms with Gasteiger partial charge >= 0.3 is 0 Å². The number of hydrogen-bond acceptors (Lipinski definition) is 6. The van der Waals surface area contributed by atoms with Crippen LogP contribution < -0.4 is 4.74 Å². The van der Waals surface area contributed by atoms with Crippen LogP contribution in [0.15, 0.2) is 71.8 Å². The van der Waals surface area contributed by atoms with Crippen LogP contribution in [-0.4, -0.2) is 37.0 Å². The molecule has 2 N–H and O–H groups in total. The quantitative estimate of drug-likeness (QED) is 0.267. The molecule has 150 valence electrons. The second-order valence-electron chi connectivity index (χ2n) is 6.52. The summed E-state index contributed by atoms with van der Waals surface area (Å²) in [7, 11) is 1.62. The van der Waals surface area contributed by atoms with Crippen LogP contribution in [0.5, 0.6) is 5.75 Å². The zero-order valence-electron chi connectivity index (χ0n) is 16.4. The number of aliphatic hydroxyl groups is 1. The Morgan fingerprint density at radius 1 is 1.27 bits per heavy atom. The van der Waals surface area contributed by atoms with Crippen LogP contribution in [0, 0.1) is 11.3 Å². The maximum atomic E-state index is 10.8. The van der Waals surface area contributed by atoms with E-state index in [1.165, 1.54) is 11.8 Å². The normalized spacial score (nSPS) is 13.0. The number of allylic oxidation sites excluding steroid dienone is 1. The molecule has 0 aliphatic rings. The van der Waals surface area contributed by atoms with Gasteiger partial charge in [-0.25, -0.2) is 9.97 Å². The summed E-state index contributed by atoms with van der Waals surface area (Å²) >= 11 is 1.35. The molecule has 0 saturated heterocycles. The number of methoxy groups -OCH3 is 1. The third-order valence-corrected chi connectivity index (χ3v) is 5.69. The van der Waals surface area contributed by atoms with E-state index in [-0.39, 0.29) is 11.3 Å². The molecule has 0 fully saturated rings. The molecule has 4 rings (SSSR count). The van der Waals surface area contributed by atoms with Gasteiger partial charge in [-0.2, -0.15) is 5.26 Å². The van der Waals surface area contributed by atoms with E-state index in [2.05, 4.69) is 21.0 Å². The van der Waals surface area contributed by atoms with Crippen molar-refractivity contribution in [2.75, 3.05) is 7.11 Å². The minimum absolute atomic E-state index is 0.0539. The molecule has 1 atom stereocenters. The fourth-order valence-electron chi connectivity index (χ4n) is 3.05. The zero-order chi connectivity index (χ0) is 21.1. The Hall–Kier alpha value is -3.70. The number of benzene rings is 2. The summed E-state index contributed by atoms with van der Waals surface area (Å²) in [6.45, 7) is 1.82. The third kappa shape index (κ3) is 3.75.